The molecule has 1 amide bonds. The van der Waals surface area contributed by atoms with Gasteiger partial charge in [-0.1, -0.05) is 36.4 Å². The fraction of sp³-hybridized carbons (Fsp3) is 0.353. The second kappa shape index (κ2) is 7.75. The van der Waals surface area contributed by atoms with E-state index >= 15 is 0 Å². The van der Waals surface area contributed by atoms with E-state index in [0.717, 1.165) is 29.5 Å². The minimum atomic E-state index is -4.03. The molecule has 0 saturated carbocycles. The van der Waals surface area contributed by atoms with E-state index in [-0.39, 0.29) is 42.6 Å². The Morgan fingerprint density at radius 2 is 1.96 bits per heavy atom. The number of hydrogen-bond acceptors (Lipinski definition) is 7. The van der Waals surface area contributed by atoms with Crippen LogP contribution in [0.5, 0.6) is 0 Å². The van der Waals surface area contributed by atoms with E-state index in [4.69, 9.17) is 4.74 Å². The SMILES string of the molecule is C[C@]1(/C=C/C(=O)OCc2ccccc2)[C@H](C(=O)[O-])N2C(=O)C[C@H]2S1(=O)=O.[Na+]. The Kier molecular flexibility index (Phi) is 6.20. The van der Waals surface area contributed by atoms with E-state index in [1.54, 1.807) is 24.3 Å². The van der Waals surface area contributed by atoms with E-state index in [1.807, 2.05) is 6.07 Å². The quantitative estimate of drug-likeness (QED) is 0.214. The van der Waals surface area contributed by atoms with Gasteiger partial charge in [0.25, 0.3) is 0 Å². The summed E-state index contributed by atoms with van der Waals surface area (Å²) in [6.45, 7) is 1.15. The van der Waals surface area contributed by atoms with Gasteiger partial charge in [-0.05, 0) is 12.5 Å². The normalized spacial score (nSPS) is 28.2. The molecule has 0 unspecified atom stereocenters. The van der Waals surface area contributed by atoms with E-state index in [0.29, 0.717) is 0 Å². The molecule has 0 aromatic heterocycles. The average molecular weight is 401 g/mol. The molecule has 2 aliphatic rings. The zero-order valence-corrected chi connectivity index (χ0v) is 17.6. The average Bonchev–Trinajstić information content (AvgIpc) is 2.74. The topological polar surface area (TPSA) is 121 Å². The molecule has 0 spiro atoms. The number of carboxylic acids is 1. The fourth-order valence-corrected chi connectivity index (χ4v) is 5.50. The third kappa shape index (κ3) is 3.56. The molecule has 0 radical (unpaired) electrons. The van der Waals surface area contributed by atoms with Gasteiger partial charge in [-0.25, -0.2) is 13.2 Å². The van der Waals surface area contributed by atoms with Gasteiger partial charge in [0.05, 0.1) is 18.4 Å². The van der Waals surface area contributed by atoms with Crippen LogP contribution in [-0.2, 0) is 35.6 Å². The summed E-state index contributed by atoms with van der Waals surface area (Å²) in [6.07, 6.45) is 1.59. The maximum absolute atomic E-state index is 12.6. The second-order valence-electron chi connectivity index (χ2n) is 6.34. The number of carbonyl (C=O) groups excluding carboxylic acids is 3. The minimum Gasteiger partial charge on any atom is -0.548 e. The van der Waals surface area contributed by atoms with Gasteiger partial charge in [-0.15, -0.1) is 0 Å². The van der Waals surface area contributed by atoms with Gasteiger partial charge in [-0.3, -0.25) is 4.79 Å². The van der Waals surface area contributed by atoms with Crippen molar-refractivity contribution in [2.45, 2.75) is 36.1 Å². The molecule has 2 fully saturated rings. The molecule has 1 aromatic rings. The number of β-lactam (4-membered cyclic amide) rings is 1. The molecule has 10 heteroatoms. The van der Waals surface area contributed by atoms with E-state index in [2.05, 4.69) is 0 Å². The second-order valence-corrected chi connectivity index (χ2v) is 8.85. The first-order valence-corrected chi connectivity index (χ1v) is 9.38. The van der Waals surface area contributed by atoms with E-state index in [9.17, 15) is 27.9 Å². The third-order valence-electron chi connectivity index (χ3n) is 4.74. The number of ether oxygens (including phenoxy) is 1. The number of benzene rings is 1. The van der Waals surface area contributed by atoms with Gasteiger partial charge in [-0.2, -0.15) is 0 Å². The molecule has 3 rings (SSSR count). The van der Waals surface area contributed by atoms with Crippen molar-refractivity contribution in [3.05, 3.63) is 48.0 Å². The van der Waals surface area contributed by atoms with Crippen molar-refractivity contribution in [2.75, 3.05) is 0 Å². The van der Waals surface area contributed by atoms with Crippen molar-refractivity contribution in [2.24, 2.45) is 0 Å². The summed E-state index contributed by atoms with van der Waals surface area (Å²) in [7, 11) is -4.03. The monoisotopic (exact) mass is 401 g/mol. The molecule has 0 N–H and O–H groups in total. The fourth-order valence-electron chi connectivity index (χ4n) is 3.24. The Morgan fingerprint density at radius 3 is 2.52 bits per heavy atom. The summed E-state index contributed by atoms with van der Waals surface area (Å²) in [5, 5.41) is 10.3. The number of nitrogens with zero attached hydrogens (tertiary/aromatic N) is 1. The van der Waals surface area contributed by atoms with Crippen LogP contribution in [0.2, 0.25) is 0 Å². The predicted molar refractivity (Wildman–Crippen MR) is 86.7 cm³/mol. The molecule has 2 heterocycles. The van der Waals surface area contributed by atoms with Crippen molar-refractivity contribution < 1.29 is 62.2 Å². The number of rotatable bonds is 5. The van der Waals surface area contributed by atoms with Gasteiger partial charge in [0.1, 0.15) is 16.7 Å². The van der Waals surface area contributed by atoms with Crippen LogP contribution in [0.1, 0.15) is 18.9 Å². The van der Waals surface area contributed by atoms with Crippen LogP contribution >= 0.6 is 0 Å². The number of hydrogen-bond donors (Lipinski definition) is 0. The Hall–Kier alpha value is -1.68. The molecule has 138 valence electrons. The Balaban J connectivity index is 0.00000261. The first-order valence-electron chi connectivity index (χ1n) is 7.84. The Bertz CT molecular complexity index is 899. The van der Waals surface area contributed by atoms with Gasteiger partial charge >= 0.3 is 35.5 Å². The van der Waals surface area contributed by atoms with Crippen LogP contribution in [0.3, 0.4) is 0 Å². The van der Waals surface area contributed by atoms with Crippen LogP contribution in [0.25, 0.3) is 0 Å². The molecule has 27 heavy (non-hydrogen) atoms. The van der Waals surface area contributed by atoms with Crippen LogP contribution in [0.4, 0.5) is 0 Å². The Labute approximate surface area is 178 Å². The summed E-state index contributed by atoms with van der Waals surface area (Å²) in [6, 6.07) is 7.18. The summed E-state index contributed by atoms with van der Waals surface area (Å²) >= 11 is 0. The van der Waals surface area contributed by atoms with Crippen molar-refractivity contribution >= 4 is 27.7 Å². The number of esters is 1. The van der Waals surface area contributed by atoms with Crippen LogP contribution in [-0.4, -0.2) is 47.3 Å². The number of sulfone groups is 1. The standard InChI is InChI=1S/C17H17NO7S.Na/c1-17(8-7-14(20)25-10-11-5-3-2-4-6-11)15(16(21)22)18-12(19)9-13(18)26(17,23)24;/h2-8,13,15H,9-10H2,1H3,(H,21,22);/q;+1/p-1/b8-7+;/t13-,15+,17+;/m1./s1. The zero-order valence-electron chi connectivity index (χ0n) is 14.8. The number of carboxylic acid groups (broad SMARTS) is 1. The number of carbonyl (C=O) groups is 3. The zero-order chi connectivity index (χ0) is 19.1. The molecule has 3 atom stereocenters. The largest absolute Gasteiger partial charge is 1.00 e. The maximum atomic E-state index is 12.6. The Morgan fingerprint density at radius 1 is 1.33 bits per heavy atom. The summed E-state index contributed by atoms with van der Waals surface area (Å²) < 4.78 is 28.3. The molecule has 2 aliphatic heterocycles. The third-order valence-corrected chi connectivity index (χ3v) is 7.43. The first-order chi connectivity index (χ1) is 12.2. The first kappa shape index (κ1) is 21.6. The number of fused-ring (bicyclic) bond motifs is 1. The van der Waals surface area contributed by atoms with Crippen molar-refractivity contribution in [1.29, 1.82) is 0 Å². The summed E-state index contributed by atoms with van der Waals surface area (Å²) in [5.74, 6) is -3.08. The van der Waals surface area contributed by atoms with E-state index in [1.165, 1.54) is 0 Å². The smallest absolute Gasteiger partial charge is 0.548 e. The summed E-state index contributed by atoms with van der Waals surface area (Å²) in [4.78, 5) is 35.8. The molecule has 1 aromatic carbocycles. The van der Waals surface area contributed by atoms with Gasteiger partial charge in [0, 0.05) is 6.08 Å². The molecule has 2 saturated heterocycles. The molecule has 0 aliphatic carbocycles. The minimum absolute atomic E-state index is 0. The number of aliphatic carboxylic acids is 1. The van der Waals surface area contributed by atoms with Gasteiger partial charge in [0.15, 0.2) is 9.84 Å². The van der Waals surface area contributed by atoms with Crippen molar-refractivity contribution in [3.63, 3.8) is 0 Å². The molecule has 8 nitrogen and oxygen atoms in total. The number of amides is 1. The van der Waals surface area contributed by atoms with Crippen LogP contribution in [0, 0.1) is 0 Å². The van der Waals surface area contributed by atoms with Crippen LogP contribution in [0.15, 0.2) is 42.5 Å². The summed E-state index contributed by atoms with van der Waals surface area (Å²) in [5.41, 5.74) is 0.747. The maximum Gasteiger partial charge on any atom is 1.00 e. The van der Waals surface area contributed by atoms with Gasteiger partial charge < -0.3 is 19.5 Å². The van der Waals surface area contributed by atoms with Gasteiger partial charge in [0.2, 0.25) is 5.91 Å². The van der Waals surface area contributed by atoms with Crippen molar-refractivity contribution in [3.8, 4) is 0 Å². The molecule has 0 bridgehead atoms. The predicted octanol–water partition coefficient (Wildman–Crippen LogP) is -3.85. The van der Waals surface area contributed by atoms with Crippen LogP contribution < -0.4 is 34.7 Å². The molecular weight excluding hydrogens is 385 g/mol. The molecular formula is C17H16NNaO7S. The van der Waals surface area contributed by atoms with E-state index < -0.39 is 43.8 Å². The van der Waals surface area contributed by atoms with Crippen molar-refractivity contribution in [1.82, 2.24) is 4.90 Å².